The lowest BCUT2D eigenvalue weighted by atomic mass is 10.1. The number of carbonyl (C=O) groups is 2. The molecule has 10 nitrogen and oxygen atoms in total. The van der Waals surface area contributed by atoms with Gasteiger partial charge in [0.25, 0.3) is 15.9 Å². The lowest BCUT2D eigenvalue weighted by Crippen LogP contribution is -2.43. The standard InChI is InChI=1S/C24H33N5O3S.C2HF3O2/c1-19-4-7-21(8-5-19)33(31,32)26-22-18-20(6-9-23(22)28-14-10-25-11-15-28)24(30)29-13-3-12-27(2)16-17-29;3-2(4,5)1(6)7/h4-9,18,25-26H,3,10-17H2,1-2H3;(H,6,7). The van der Waals surface area contributed by atoms with Gasteiger partial charge in [0, 0.05) is 51.4 Å². The SMILES string of the molecule is Cc1ccc(S(=O)(=O)Nc2cc(C(=O)N3CCCN(C)CC3)ccc2N2CCNCC2)cc1.O=C(O)C(F)(F)F. The van der Waals surface area contributed by atoms with Gasteiger partial charge in [-0.3, -0.25) is 9.52 Å². The highest BCUT2D eigenvalue weighted by molar-refractivity contribution is 7.92. The molecule has 2 heterocycles. The minimum Gasteiger partial charge on any atom is -0.475 e. The van der Waals surface area contributed by atoms with Crippen molar-refractivity contribution in [2.45, 2.75) is 24.4 Å². The molecular weight excluding hydrogens is 551 g/mol. The van der Waals surface area contributed by atoms with E-state index >= 15 is 0 Å². The molecule has 2 fully saturated rings. The van der Waals surface area contributed by atoms with Crippen molar-refractivity contribution in [1.82, 2.24) is 15.1 Å². The first-order valence-electron chi connectivity index (χ1n) is 12.7. The van der Waals surface area contributed by atoms with E-state index in [0.29, 0.717) is 24.3 Å². The predicted octanol–water partition coefficient (Wildman–Crippen LogP) is 2.62. The van der Waals surface area contributed by atoms with Crippen LogP contribution in [0.5, 0.6) is 0 Å². The molecule has 14 heteroatoms. The van der Waals surface area contributed by atoms with Crippen molar-refractivity contribution >= 4 is 33.3 Å². The fraction of sp³-hybridized carbons (Fsp3) is 0.462. The van der Waals surface area contributed by atoms with E-state index in [1.165, 1.54) is 0 Å². The Morgan fingerprint density at radius 2 is 1.57 bits per heavy atom. The zero-order chi connectivity index (χ0) is 29.5. The van der Waals surface area contributed by atoms with Gasteiger partial charge in [-0.1, -0.05) is 17.7 Å². The molecular formula is C26H34F3N5O5S. The molecule has 0 aliphatic carbocycles. The van der Waals surface area contributed by atoms with Crippen molar-refractivity contribution in [3.63, 3.8) is 0 Å². The molecule has 2 aromatic rings. The smallest absolute Gasteiger partial charge is 0.475 e. The monoisotopic (exact) mass is 585 g/mol. The first kappa shape index (κ1) is 31.2. The number of carboxylic acids is 1. The second-order valence-electron chi connectivity index (χ2n) is 9.64. The van der Waals surface area contributed by atoms with Gasteiger partial charge in [-0.2, -0.15) is 13.2 Å². The van der Waals surface area contributed by atoms with Crippen LogP contribution in [-0.4, -0.2) is 101 Å². The summed E-state index contributed by atoms with van der Waals surface area (Å²) in [5.74, 6) is -2.82. The third-order valence-electron chi connectivity index (χ3n) is 6.53. The summed E-state index contributed by atoms with van der Waals surface area (Å²) in [7, 11) is -1.73. The second kappa shape index (κ2) is 13.3. The molecule has 0 aromatic heterocycles. The van der Waals surface area contributed by atoms with Crippen LogP contribution in [0.2, 0.25) is 0 Å². The van der Waals surface area contributed by atoms with Gasteiger partial charge in [0.05, 0.1) is 16.3 Å². The van der Waals surface area contributed by atoms with Gasteiger partial charge in [-0.15, -0.1) is 0 Å². The van der Waals surface area contributed by atoms with Crippen molar-refractivity contribution in [1.29, 1.82) is 0 Å². The minimum atomic E-state index is -5.08. The summed E-state index contributed by atoms with van der Waals surface area (Å²) in [5.41, 5.74) is 2.72. The molecule has 0 unspecified atom stereocenters. The van der Waals surface area contributed by atoms with Crippen LogP contribution in [0.1, 0.15) is 22.3 Å². The molecule has 40 heavy (non-hydrogen) atoms. The molecule has 0 atom stereocenters. The average molecular weight is 586 g/mol. The number of nitrogens with zero attached hydrogens (tertiary/aromatic N) is 3. The Morgan fingerprint density at radius 1 is 0.950 bits per heavy atom. The van der Waals surface area contributed by atoms with Crippen LogP contribution in [0.15, 0.2) is 47.4 Å². The average Bonchev–Trinajstić information content (AvgIpc) is 3.13. The highest BCUT2D eigenvalue weighted by Crippen LogP contribution is 2.30. The number of anilines is 2. The molecule has 0 saturated carbocycles. The van der Waals surface area contributed by atoms with Gasteiger partial charge in [0.15, 0.2) is 0 Å². The van der Waals surface area contributed by atoms with Crippen molar-refractivity contribution in [3.8, 4) is 0 Å². The Bertz CT molecular complexity index is 1280. The van der Waals surface area contributed by atoms with Crippen LogP contribution in [0.25, 0.3) is 0 Å². The first-order valence-corrected chi connectivity index (χ1v) is 14.2. The predicted molar refractivity (Wildman–Crippen MR) is 145 cm³/mol. The topological polar surface area (TPSA) is 122 Å². The molecule has 3 N–H and O–H groups in total. The number of carbonyl (C=O) groups excluding carboxylic acids is 1. The van der Waals surface area contributed by atoms with E-state index in [0.717, 1.165) is 56.9 Å². The van der Waals surface area contributed by atoms with Gasteiger partial charge in [-0.25, -0.2) is 13.2 Å². The fourth-order valence-corrected chi connectivity index (χ4v) is 5.35. The summed E-state index contributed by atoms with van der Waals surface area (Å²) in [5, 5.41) is 10.4. The van der Waals surface area contributed by atoms with Crippen LogP contribution in [0, 0.1) is 6.92 Å². The van der Waals surface area contributed by atoms with Gasteiger partial charge in [-0.05, 0) is 57.3 Å². The number of halogens is 3. The Kier molecular flexibility index (Phi) is 10.4. The molecule has 2 saturated heterocycles. The van der Waals surface area contributed by atoms with E-state index in [2.05, 4.69) is 26.9 Å². The molecule has 0 radical (unpaired) electrons. The van der Waals surface area contributed by atoms with Crippen molar-refractivity contribution in [2.75, 3.05) is 69.0 Å². The number of alkyl halides is 3. The summed E-state index contributed by atoms with van der Waals surface area (Å²) in [6.07, 6.45) is -4.16. The van der Waals surface area contributed by atoms with Gasteiger partial charge < -0.3 is 25.1 Å². The quantitative estimate of drug-likeness (QED) is 0.490. The first-order chi connectivity index (χ1) is 18.8. The summed E-state index contributed by atoms with van der Waals surface area (Å²) in [6.45, 7) is 8.27. The Hall–Kier alpha value is -3.36. The number of aliphatic carboxylic acids is 1. The number of amides is 1. The van der Waals surface area contributed by atoms with Gasteiger partial charge in [0.2, 0.25) is 0 Å². The number of rotatable bonds is 5. The highest BCUT2D eigenvalue weighted by atomic mass is 32.2. The minimum absolute atomic E-state index is 0.0621. The van der Waals surface area contributed by atoms with Crippen LogP contribution >= 0.6 is 0 Å². The lowest BCUT2D eigenvalue weighted by molar-refractivity contribution is -0.192. The number of benzene rings is 2. The van der Waals surface area contributed by atoms with Crippen molar-refractivity contribution in [2.24, 2.45) is 0 Å². The molecule has 1 amide bonds. The maximum Gasteiger partial charge on any atom is 0.490 e. The van der Waals surface area contributed by atoms with E-state index < -0.39 is 22.2 Å². The van der Waals surface area contributed by atoms with Crippen LogP contribution in [0.4, 0.5) is 24.5 Å². The molecule has 220 valence electrons. The summed E-state index contributed by atoms with van der Waals surface area (Å²) in [6, 6.07) is 12.1. The number of hydrogen-bond acceptors (Lipinski definition) is 7. The van der Waals surface area contributed by atoms with Gasteiger partial charge >= 0.3 is 12.1 Å². The summed E-state index contributed by atoms with van der Waals surface area (Å²) >= 11 is 0. The number of carboxylic acid groups (broad SMARTS) is 1. The third kappa shape index (κ3) is 8.57. The lowest BCUT2D eigenvalue weighted by Gasteiger charge is -2.31. The van der Waals surface area contributed by atoms with E-state index in [4.69, 9.17) is 9.90 Å². The number of aryl methyl sites for hydroxylation is 1. The normalized spacial score (nSPS) is 16.9. The highest BCUT2D eigenvalue weighted by Gasteiger charge is 2.38. The molecule has 2 aliphatic heterocycles. The number of nitrogens with one attached hydrogen (secondary N) is 2. The third-order valence-corrected chi connectivity index (χ3v) is 7.91. The number of likely N-dealkylation sites (N-methyl/N-ethyl adjacent to an activating group) is 1. The summed E-state index contributed by atoms with van der Waals surface area (Å²) < 4.78 is 60.8. The largest absolute Gasteiger partial charge is 0.490 e. The Labute approximate surface area is 231 Å². The van der Waals surface area contributed by atoms with Crippen LogP contribution in [-0.2, 0) is 14.8 Å². The van der Waals surface area contributed by atoms with Crippen molar-refractivity contribution < 1.29 is 36.3 Å². The van der Waals surface area contributed by atoms with E-state index in [9.17, 15) is 26.4 Å². The number of hydrogen-bond donors (Lipinski definition) is 3. The number of sulfonamides is 1. The van der Waals surface area contributed by atoms with E-state index in [-0.39, 0.29) is 10.8 Å². The van der Waals surface area contributed by atoms with Crippen molar-refractivity contribution in [3.05, 3.63) is 53.6 Å². The molecule has 4 rings (SSSR count). The Morgan fingerprint density at radius 3 is 2.17 bits per heavy atom. The van der Waals surface area contributed by atoms with Gasteiger partial charge in [0.1, 0.15) is 0 Å². The van der Waals surface area contributed by atoms with E-state index in [1.54, 1.807) is 30.3 Å². The Balaban J connectivity index is 0.000000559. The maximum absolute atomic E-state index is 13.3. The van der Waals surface area contributed by atoms with Crippen LogP contribution < -0.4 is 14.9 Å². The summed E-state index contributed by atoms with van der Waals surface area (Å²) in [4.78, 5) is 28.6. The number of piperazine rings is 1. The maximum atomic E-state index is 13.3. The molecule has 2 aliphatic rings. The zero-order valence-electron chi connectivity index (χ0n) is 22.4. The van der Waals surface area contributed by atoms with Crippen LogP contribution in [0.3, 0.4) is 0 Å². The fourth-order valence-electron chi connectivity index (χ4n) is 4.29. The van der Waals surface area contributed by atoms with E-state index in [1.807, 2.05) is 24.0 Å². The zero-order valence-corrected chi connectivity index (χ0v) is 23.2. The molecule has 2 aromatic carbocycles. The second-order valence-corrected chi connectivity index (χ2v) is 11.3. The molecule has 0 bridgehead atoms. The molecule has 0 spiro atoms.